The molecule has 4 rings (SSSR count). The monoisotopic (exact) mass is 442 g/mol. The van der Waals surface area contributed by atoms with Crippen LogP contribution in [-0.2, 0) is 20.7 Å². The van der Waals surface area contributed by atoms with Gasteiger partial charge in [-0.25, -0.2) is 0 Å². The van der Waals surface area contributed by atoms with Gasteiger partial charge in [-0.3, -0.25) is 9.59 Å². The Morgan fingerprint density at radius 1 is 1.13 bits per heavy atom. The molecule has 1 atom stereocenters. The van der Waals surface area contributed by atoms with Gasteiger partial charge in [-0.05, 0) is 29.2 Å². The zero-order valence-corrected chi connectivity index (χ0v) is 17.9. The quantitative estimate of drug-likeness (QED) is 0.411. The van der Waals surface area contributed by atoms with Gasteiger partial charge >= 0.3 is 0 Å². The van der Waals surface area contributed by atoms with Gasteiger partial charge in [-0.15, -0.1) is 10.2 Å². The zero-order valence-electron chi connectivity index (χ0n) is 16.3. The van der Waals surface area contributed by atoms with Crippen LogP contribution in [0, 0.1) is 0 Å². The molecular formula is C21H22N4O3S2. The highest BCUT2D eigenvalue weighted by atomic mass is 32.2. The Hall–Kier alpha value is -2.49. The molecule has 2 heterocycles. The van der Waals surface area contributed by atoms with Gasteiger partial charge in [0.2, 0.25) is 16.9 Å². The molecule has 7 nitrogen and oxygen atoms in total. The van der Waals surface area contributed by atoms with Gasteiger partial charge in [0.15, 0.2) is 4.34 Å². The fourth-order valence-electron chi connectivity index (χ4n) is 3.31. The van der Waals surface area contributed by atoms with Gasteiger partial charge in [-0.2, -0.15) is 0 Å². The summed E-state index contributed by atoms with van der Waals surface area (Å²) >= 11 is 2.57. The number of nitrogens with one attached hydrogen (secondary N) is 2. The number of rotatable bonds is 8. The predicted molar refractivity (Wildman–Crippen MR) is 119 cm³/mol. The normalized spacial score (nSPS) is 15.9. The SMILES string of the molecule is O=C(CSc1nnc(NC(=O)Cc2cccc3ccccc23)s1)NC[C@H]1CCCO1. The Kier molecular flexibility index (Phi) is 6.93. The van der Waals surface area contributed by atoms with Crippen molar-refractivity contribution in [1.29, 1.82) is 0 Å². The number of ether oxygens (including phenoxy) is 1. The molecule has 0 bridgehead atoms. The van der Waals surface area contributed by atoms with Crippen molar-refractivity contribution in [1.82, 2.24) is 15.5 Å². The van der Waals surface area contributed by atoms with Crippen molar-refractivity contribution in [2.75, 3.05) is 24.2 Å². The molecule has 1 aromatic heterocycles. The summed E-state index contributed by atoms with van der Waals surface area (Å²) in [4.78, 5) is 24.4. The maximum atomic E-state index is 12.5. The molecule has 30 heavy (non-hydrogen) atoms. The highest BCUT2D eigenvalue weighted by Gasteiger charge is 2.17. The lowest BCUT2D eigenvalue weighted by Crippen LogP contribution is -2.32. The number of thioether (sulfide) groups is 1. The van der Waals surface area contributed by atoms with Gasteiger partial charge in [0, 0.05) is 13.2 Å². The smallest absolute Gasteiger partial charge is 0.230 e. The van der Waals surface area contributed by atoms with Crippen LogP contribution in [0.3, 0.4) is 0 Å². The van der Waals surface area contributed by atoms with Crippen molar-refractivity contribution < 1.29 is 14.3 Å². The van der Waals surface area contributed by atoms with Crippen LogP contribution >= 0.6 is 23.1 Å². The van der Waals surface area contributed by atoms with Crippen LogP contribution in [0.2, 0.25) is 0 Å². The van der Waals surface area contributed by atoms with Crippen LogP contribution in [0.5, 0.6) is 0 Å². The number of nitrogens with zero attached hydrogens (tertiary/aromatic N) is 2. The molecule has 0 unspecified atom stereocenters. The summed E-state index contributed by atoms with van der Waals surface area (Å²) in [7, 11) is 0. The zero-order chi connectivity index (χ0) is 20.8. The summed E-state index contributed by atoms with van der Waals surface area (Å²) in [6, 6.07) is 13.9. The minimum atomic E-state index is -0.145. The van der Waals surface area contributed by atoms with Gasteiger partial charge in [-0.1, -0.05) is 65.6 Å². The van der Waals surface area contributed by atoms with Crippen molar-refractivity contribution in [3.05, 3.63) is 48.0 Å². The Morgan fingerprint density at radius 2 is 2.00 bits per heavy atom. The van der Waals surface area contributed by atoms with E-state index in [1.54, 1.807) is 0 Å². The molecule has 0 saturated carbocycles. The summed E-state index contributed by atoms with van der Waals surface area (Å²) in [5.41, 5.74) is 0.965. The third-order valence-electron chi connectivity index (χ3n) is 4.76. The summed E-state index contributed by atoms with van der Waals surface area (Å²) in [5, 5.41) is 16.3. The molecule has 156 valence electrons. The third-order valence-corrected chi connectivity index (χ3v) is 6.73. The fourth-order valence-corrected chi connectivity index (χ4v) is 4.91. The molecule has 1 aliphatic heterocycles. The molecule has 1 saturated heterocycles. The van der Waals surface area contributed by atoms with E-state index in [9.17, 15) is 9.59 Å². The second-order valence-electron chi connectivity index (χ2n) is 6.96. The minimum Gasteiger partial charge on any atom is -0.376 e. The Morgan fingerprint density at radius 3 is 2.87 bits per heavy atom. The predicted octanol–water partition coefficient (Wildman–Crippen LogP) is 3.26. The number of anilines is 1. The van der Waals surface area contributed by atoms with Crippen molar-refractivity contribution in [2.45, 2.75) is 29.7 Å². The number of amides is 2. The van der Waals surface area contributed by atoms with Crippen LogP contribution in [0.4, 0.5) is 5.13 Å². The van der Waals surface area contributed by atoms with E-state index >= 15 is 0 Å². The van der Waals surface area contributed by atoms with Gasteiger partial charge < -0.3 is 15.4 Å². The van der Waals surface area contributed by atoms with Crippen LogP contribution in [0.25, 0.3) is 10.8 Å². The van der Waals surface area contributed by atoms with E-state index in [-0.39, 0.29) is 30.1 Å². The van der Waals surface area contributed by atoms with E-state index in [2.05, 4.69) is 20.8 Å². The molecule has 3 aromatic rings. The highest BCUT2D eigenvalue weighted by Crippen LogP contribution is 2.26. The van der Waals surface area contributed by atoms with Gasteiger partial charge in [0.05, 0.1) is 18.3 Å². The lowest BCUT2D eigenvalue weighted by molar-refractivity contribution is -0.119. The number of hydrogen-bond acceptors (Lipinski definition) is 7. The second-order valence-corrected chi connectivity index (χ2v) is 9.16. The van der Waals surface area contributed by atoms with E-state index in [4.69, 9.17) is 4.74 Å². The maximum Gasteiger partial charge on any atom is 0.230 e. The average Bonchev–Trinajstić information content (AvgIpc) is 3.43. The summed E-state index contributed by atoms with van der Waals surface area (Å²) in [5.74, 6) is 0.0475. The summed E-state index contributed by atoms with van der Waals surface area (Å²) < 4.78 is 6.13. The summed E-state index contributed by atoms with van der Waals surface area (Å²) in [6.45, 7) is 1.32. The van der Waals surface area contributed by atoms with E-state index in [1.807, 2.05) is 42.5 Å². The number of benzene rings is 2. The molecule has 9 heteroatoms. The Bertz CT molecular complexity index is 1030. The Labute approximate surface area is 182 Å². The molecule has 0 spiro atoms. The van der Waals surface area contributed by atoms with Crippen molar-refractivity contribution in [2.24, 2.45) is 0 Å². The fraction of sp³-hybridized carbons (Fsp3) is 0.333. The molecule has 0 aliphatic carbocycles. The van der Waals surface area contributed by atoms with Crippen LogP contribution in [0.15, 0.2) is 46.8 Å². The third kappa shape index (κ3) is 5.56. The molecule has 1 aliphatic rings. The van der Waals surface area contributed by atoms with E-state index in [0.29, 0.717) is 16.0 Å². The van der Waals surface area contributed by atoms with Gasteiger partial charge in [0.1, 0.15) is 0 Å². The summed E-state index contributed by atoms with van der Waals surface area (Å²) in [6.07, 6.45) is 2.43. The van der Waals surface area contributed by atoms with Crippen molar-refractivity contribution in [3.8, 4) is 0 Å². The molecular weight excluding hydrogens is 420 g/mol. The van der Waals surface area contributed by atoms with E-state index in [0.717, 1.165) is 35.8 Å². The Balaban J connectivity index is 1.25. The minimum absolute atomic E-state index is 0.0627. The lowest BCUT2D eigenvalue weighted by Gasteiger charge is -2.09. The first-order valence-corrected chi connectivity index (χ1v) is 11.6. The topological polar surface area (TPSA) is 93.2 Å². The molecule has 2 N–H and O–H groups in total. The van der Waals surface area contributed by atoms with Crippen molar-refractivity contribution in [3.63, 3.8) is 0 Å². The van der Waals surface area contributed by atoms with Crippen LogP contribution in [-0.4, -0.2) is 47.0 Å². The van der Waals surface area contributed by atoms with Crippen LogP contribution in [0.1, 0.15) is 18.4 Å². The second kappa shape index (κ2) is 10.0. The molecule has 0 radical (unpaired) electrons. The standard InChI is InChI=1S/C21H22N4O3S2/c26-18(11-15-7-3-6-14-5-1-2-9-17(14)15)23-20-24-25-21(30-20)29-13-19(27)22-12-16-8-4-10-28-16/h1-3,5-7,9,16H,4,8,10-13H2,(H,22,27)(H,23,24,26)/t16-/m1/s1. The maximum absolute atomic E-state index is 12.5. The molecule has 2 aromatic carbocycles. The number of carbonyl (C=O) groups excluding carboxylic acids is 2. The van der Waals surface area contributed by atoms with E-state index in [1.165, 1.54) is 23.1 Å². The molecule has 2 amide bonds. The highest BCUT2D eigenvalue weighted by molar-refractivity contribution is 8.01. The van der Waals surface area contributed by atoms with Crippen molar-refractivity contribution >= 4 is 50.8 Å². The number of hydrogen-bond donors (Lipinski definition) is 2. The average molecular weight is 443 g/mol. The first-order valence-electron chi connectivity index (χ1n) is 9.78. The first kappa shape index (κ1) is 20.8. The number of fused-ring (bicyclic) bond motifs is 1. The number of carbonyl (C=O) groups is 2. The number of aromatic nitrogens is 2. The first-order chi connectivity index (χ1) is 14.7. The molecule has 1 fully saturated rings. The largest absolute Gasteiger partial charge is 0.376 e. The van der Waals surface area contributed by atoms with Gasteiger partial charge in [0.25, 0.3) is 0 Å². The van der Waals surface area contributed by atoms with Crippen LogP contribution < -0.4 is 10.6 Å². The van der Waals surface area contributed by atoms with E-state index < -0.39 is 0 Å². The lowest BCUT2D eigenvalue weighted by atomic mass is 10.0.